The average molecular weight is 327 g/mol. The smallest absolute Gasteiger partial charge is 0.246 e. The third-order valence-electron chi connectivity index (χ3n) is 3.65. The highest BCUT2D eigenvalue weighted by Gasteiger charge is 2.10. The van der Waals surface area contributed by atoms with Crippen LogP contribution in [0.5, 0.6) is 0 Å². The summed E-state index contributed by atoms with van der Waals surface area (Å²) in [7, 11) is 0. The molecule has 0 aliphatic carbocycles. The van der Waals surface area contributed by atoms with Crippen LogP contribution >= 0.6 is 11.3 Å². The molecule has 2 heterocycles. The van der Waals surface area contributed by atoms with Crippen LogP contribution in [0.4, 0.5) is 5.13 Å². The second-order valence-corrected chi connectivity index (χ2v) is 6.63. The monoisotopic (exact) mass is 327 g/mol. The summed E-state index contributed by atoms with van der Waals surface area (Å²) in [5.41, 5.74) is 3.54. The Kier molecular flexibility index (Phi) is 4.00. The van der Waals surface area contributed by atoms with Gasteiger partial charge < -0.3 is 9.88 Å². The third-order valence-corrected chi connectivity index (χ3v) is 4.58. The zero-order chi connectivity index (χ0) is 16.6. The van der Waals surface area contributed by atoms with Crippen LogP contribution in [0.1, 0.15) is 17.0 Å². The Balaban J connectivity index is 1.80. The van der Waals surface area contributed by atoms with E-state index in [1.165, 1.54) is 29.0 Å². The summed E-state index contributed by atoms with van der Waals surface area (Å²) < 4.78 is 2.87. The van der Waals surface area contributed by atoms with Gasteiger partial charge in [-0.25, -0.2) is 4.98 Å². The molecule has 0 atom stereocenters. The summed E-state index contributed by atoms with van der Waals surface area (Å²) in [6, 6.07) is 9.06. The van der Waals surface area contributed by atoms with Gasteiger partial charge in [-0.1, -0.05) is 17.4 Å². The number of hydrogen-bond acceptors (Lipinski definition) is 4. The van der Waals surface area contributed by atoms with Gasteiger partial charge in [-0.05, 0) is 38.5 Å². The van der Waals surface area contributed by atoms with E-state index in [0.29, 0.717) is 5.13 Å². The van der Waals surface area contributed by atoms with Crippen LogP contribution in [0.3, 0.4) is 0 Å². The van der Waals surface area contributed by atoms with Crippen molar-refractivity contribution in [3.8, 4) is 0 Å². The second-order valence-electron chi connectivity index (χ2n) is 5.60. The molecular formula is C17H17N3O2S. The van der Waals surface area contributed by atoms with E-state index in [9.17, 15) is 9.59 Å². The van der Waals surface area contributed by atoms with Crippen molar-refractivity contribution in [2.75, 3.05) is 5.32 Å². The molecule has 0 fully saturated rings. The van der Waals surface area contributed by atoms with Crippen molar-refractivity contribution in [3.63, 3.8) is 0 Å². The third kappa shape index (κ3) is 3.32. The lowest BCUT2D eigenvalue weighted by Crippen LogP contribution is -2.23. The lowest BCUT2D eigenvalue weighted by molar-refractivity contribution is -0.116. The maximum absolute atomic E-state index is 12.3. The molecule has 0 bridgehead atoms. The number of anilines is 1. The molecule has 6 heteroatoms. The van der Waals surface area contributed by atoms with Gasteiger partial charge in [0.2, 0.25) is 5.91 Å². The number of carbonyl (C=O) groups excluding carboxylic acids is 1. The van der Waals surface area contributed by atoms with Gasteiger partial charge in [0.15, 0.2) is 10.6 Å². The van der Waals surface area contributed by atoms with E-state index >= 15 is 0 Å². The number of nitrogens with one attached hydrogen (secondary N) is 1. The zero-order valence-corrected chi connectivity index (χ0v) is 14.0. The van der Waals surface area contributed by atoms with E-state index in [4.69, 9.17) is 0 Å². The lowest BCUT2D eigenvalue weighted by Gasteiger charge is -2.13. The average Bonchev–Trinajstić information content (AvgIpc) is 2.84. The summed E-state index contributed by atoms with van der Waals surface area (Å²) in [6.45, 7) is 5.83. The molecule has 118 valence electrons. The number of fused-ring (bicyclic) bond motifs is 1. The first-order chi connectivity index (χ1) is 10.9. The fourth-order valence-corrected chi connectivity index (χ4v) is 3.50. The zero-order valence-electron chi connectivity index (χ0n) is 13.2. The molecule has 0 spiro atoms. The van der Waals surface area contributed by atoms with Crippen LogP contribution in [0.15, 0.2) is 35.1 Å². The Hall–Kier alpha value is -2.47. The van der Waals surface area contributed by atoms with E-state index in [-0.39, 0.29) is 17.9 Å². The van der Waals surface area contributed by atoms with Gasteiger partial charge in [0.1, 0.15) is 6.54 Å². The molecule has 1 amide bonds. The number of benzene rings is 1. The summed E-state index contributed by atoms with van der Waals surface area (Å²) in [6.07, 6.45) is 0. The van der Waals surface area contributed by atoms with Gasteiger partial charge in [-0.2, -0.15) is 0 Å². The van der Waals surface area contributed by atoms with Gasteiger partial charge in [-0.3, -0.25) is 9.59 Å². The molecule has 0 radical (unpaired) electrons. The van der Waals surface area contributed by atoms with E-state index < -0.39 is 0 Å². The predicted octanol–water partition coefficient (Wildman–Crippen LogP) is 3.02. The van der Waals surface area contributed by atoms with Crippen molar-refractivity contribution >= 4 is 32.6 Å². The maximum Gasteiger partial charge on any atom is 0.246 e. The van der Waals surface area contributed by atoms with Crippen molar-refractivity contribution in [1.82, 2.24) is 9.55 Å². The van der Waals surface area contributed by atoms with Crippen LogP contribution in [0.2, 0.25) is 0 Å². The molecule has 0 aliphatic heterocycles. The number of pyridine rings is 1. The van der Waals surface area contributed by atoms with Crippen LogP contribution in [0, 0.1) is 20.8 Å². The molecule has 3 rings (SSSR count). The summed E-state index contributed by atoms with van der Waals surface area (Å²) in [5.74, 6) is -0.157. The van der Waals surface area contributed by atoms with Crippen molar-refractivity contribution in [1.29, 1.82) is 0 Å². The highest BCUT2D eigenvalue weighted by molar-refractivity contribution is 7.22. The number of carbonyl (C=O) groups is 1. The molecule has 1 N–H and O–H groups in total. The molecule has 23 heavy (non-hydrogen) atoms. The van der Waals surface area contributed by atoms with Crippen LogP contribution in [0.25, 0.3) is 10.2 Å². The first-order valence-corrected chi connectivity index (χ1v) is 8.09. The van der Waals surface area contributed by atoms with E-state index in [0.717, 1.165) is 21.6 Å². The molecule has 0 unspecified atom stereocenters. The minimum Gasteiger partial charge on any atom is -0.340 e. The molecule has 2 aromatic heterocycles. The normalized spacial score (nSPS) is 10.9. The number of aromatic nitrogens is 2. The lowest BCUT2D eigenvalue weighted by atomic mass is 10.2. The van der Waals surface area contributed by atoms with Gasteiger partial charge in [0.05, 0.1) is 10.2 Å². The molecule has 3 aromatic rings. The SMILES string of the molecule is Cc1ccc2nc(NC(=O)Cn3c(C)cc(=O)cc3C)sc2c1. The topological polar surface area (TPSA) is 64.0 Å². The Morgan fingerprint density at radius 1 is 1.17 bits per heavy atom. The Morgan fingerprint density at radius 3 is 2.57 bits per heavy atom. The number of nitrogens with zero attached hydrogens (tertiary/aromatic N) is 2. The number of rotatable bonds is 3. The fraction of sp³-hybridized carbons (Fsp3) is 0.235. The number of amides is 1. The first kappa shape index (κ1) is 15.4. The Labute approximate surface area is 137 Å². The highest BCUT2D eigenvalue weighted by Crippen LogP contribution is 2.26. The number of hydrogen-bond donors (Lipinski definition) is 1. The van der Waals surface area contributed by atoms with Gasteiger partial charge in [-0.15, -0.1) is 0 Å². The summed E-state index contributed by atoms with van der Waals surface area (Å²) in [4.78, 5) is 28.1. The summed E-state index contributed by atoms with van der Waals surface area (Å²) in [5, 5.41) is 3.43. The van der Waals surface area contributed by atoms with Gasteiger partial charge in [0, 0.05) is 23.5 Å². The largest absolute Gasteiger partial charge is 0.340 e. The van der Waals surface area contributed by atoms with E-state index in [2.05, 4.69) is 16.4 Å². The minimum absolute atomic E-state index is 0.0433. The quantitative estimate of drug-likeness (QED) is 0.804. The number of thiazole rings is 1. The summed E-state index contributed by atoms with van der Waals surface area (Å²) >= 11 is 1.46. The van der Waals surface area contributed by atoms with Crippen molar-refractivity contribution in [3.05, 3.63) is 57.5 Å². The highest BCUT2D eigenvalue weighted by atomic mass is 32.1. The fourth-order valence-electron chi connectivity index (χ4n) is 2.52. The van der Waals surface area contributed by atoms with Crippen molar-refractivity contribution < 1.29 is 4.79 Å². The molecular weight excluding hydrogens is 310 g/mol. The van der Waals surface area contributed by atoms with Gasteiger partial charge in [0.25, 0.3) is 0 Å². The Morgan fingerprint density at radius 2 is 1.87 bits per heavy atom. The second kappa shape index (κ2) is 5.96. The van der Waals surface area contributed by atoms with E-state index in [1.807, 2.05) is 37.5 Å². The maximum atomic E-state index is 12.3. The molecule has 0 aliphatic rings. The molecule has 0 saturated carbocycles. The minimum atomic E-state index is -0.157. The Bertz CT molecular complexity index is 930. The van der Waals surface area contributed by atoms with Crippen LogP contribution < -0.4 is 10.7 Å². The van der Waals surface area contributed by atoms with E-state index in [1.54, 1.807) is 0 Å². The number of aryl methyl sites for hydroxylation is 3. The van der Waals surface area contributed by atoms with Gasteiger partial charge >= 0.3 is 0 Å². The molecule has 1 aromatic carbocycles. The first-order valence-electron chi connectivity index (χ1n) is 7.27. The predicted molar refractivity (Wildman–Crippen MR) is 93.2 cm³/mol. The molecule has 0 saturated heterocycles. The van der Waals surface area contributed by atoms with Crippen LogP contribution in [-0.4, -0.2) is 15.5 Å². The molecule has 5 nitrogen and oxygen atoms in total. The standard InChI is InChI=1S/C17H17N3O2S/c1-10-4-5-14-15(6-10)23-17(18-14)19-16(22)9-20-11(2)7-13(21)8-12(20)3/h4-8H,9H2,1-3H3,(H,18,19,22). The van der Waals surface area contributed by atoms with Crippen molar-refractivity contribution in [2.45, 2.75) is 27.3 Å². The van der Waals surface area contributed by atoms with Crippen molar-refractivity contribution in [2.24, 2.45) is 0 Å². The van der Waals surface area contributed by atoms with Crippen LogP contribution in [-0.2, 0) is 11.3 Å².